The van der Waals surface area contributed by atoms with Crippen molar-refractivity contribution in [2.75, 3.05) is 0 Å². The minimum atomic E-state index is -4.67. The predicted molar refractivity (Wildman–Crippen MR) is 106 cm³/mol. The quantitative estimate of drug-likeness (QED) is 0.228. The highest BCUT2D eigenvalue weighted by Gasteiger charge is 1.98. The first kappa shape index (κ1) is 25.7. The van der Waals surface area contributed by atoms with Gasteiger partial charge in [0.15, 0.2) is 11.9 Å². The van der Waals surface area contributed by atoms with Gasteiger partial charge in [-0.3, -0.25) is 9.11 Å². The van der Waals surface area contributed by atoms with Crippen LogP contribution in [-0.2, 0) is 23.5 Å². The molecule has 0 bridgehead atoms. The van der Waals surface area contributed by atoms with Gasteiger partial charge in [0.2, 0.25) is 0 Å². The first-order valence-electron chi connectivity index (χ1n) is 7.67. The van der Waals surface area contributed by atoms with Gasteiger partial charge in [0.25, 0.3) is 0 Å². The molecule has 0 aliphatic carbocycles. The van der Waals surface area contributed by atoms with E-state index in [0.717, 1.165) is 0 Å². The third kappa shape index (κ3) is 15.5. The minimum Gasteiger partial charge on any atom is -0.370 e. The van der Waals surface area contributed by atoms with E-state index < -0.39 is 10.4 Å². The number of halogens is 2. The van der Waals surface area contributed by atoms with Crippen molar-refractivity contribution in [1.29, 1.82) is 0 Å². The van der Waals surface area contributed by atoms with E-state index in [1.54, 1.807) is 36.4 Å². The second-order valence-corrected chi connectivity index (χ2v) is 6.01. The third-order valence-corrected chi connectivity index (χ3v) is 2.78. The number of guanidine groups is 2. The Labute approximate surface area is 166 Å². The normalized spacial score (nSPS) is 9.79. The van der Waals surface area contributed by atoms with Crippen LogP contribution in [0.5, 0.6) is 0 Å². The van der Waals surface area contributed by atoms with Gasteiger partial charge in [-0.25, -0.2) is 18.8 Å². The van der Waals surface area contributed by atoms with Crippen molar-refractivity contribution < 1.29 is 26.3 Å². The maximum Gasteiger partial charge on any atom is 0.394 e. The first-order valence-corrected chi connectivity index (χ1v) is 9.07. The molecule has 0 heterocycles. The molecule has 0 atom stereocenters. The van der Waals surface area contributed by atoms with Crippen LogP contribution in [0.2, 0.25) is 0 Å². The zero-order valence-electron chi connectivity index (χ0n) is 15.1. The third-order valence-electron chi connectivity index (χ3n) is 2.78. The molecule has 160 valence electrons. The van der Waals surface area contributed by atoms with Gasteiger partial charge in [-0.1, -0.05) is 36.4 Å². The number of benzene rings is 2. The lowest BCUT2D eigenvalue weighted by Crippen LogP contribution is -2.22. The molecule has 2 aromatic carbocycles. The molecular weight excluding hydrogens is 410 g/mol. The first-order chi connectivity index (χ1) is 13.4. The Hall–Kier alpha value is -3.29. The summed E-state index contributed by atoms with van der Waals surface area (Å²) in [7, 11) is -4.67. The maximum absolute atomic E-state index is 12.9. The summed E-state index contributed by atoms with van der Waals surface area (Å²) in [6, 6.07) is 12.7. The number of nitrogens with zero attached hydrogens (tertiary/aromatic N) is 2. The summed E-state index contributed by atoms with van der Waals surface area (Å²) in [5.41, 5.74) is 21.4. The highest BCUT2D eigenvalue weighted by atomic mass is 32.3. The Kier molecular flexibility index (Phi) is 11.5. The second-order valence-electron chi connectivity index (χ2n) is 5.11. The molecule has 0 spiro atoms. The summed E-state index contributed by atoms with van der Waals surface area (Å²) in [5.74, 6) is -0.637. The Morgan fingerprint density at radius 3 is 1.28 bits per heavy atom. The van der Waals surface area contributed by atoms with E-state index in [9.17, 15) is 8.78 Å². The molecule has 0 unspecified atom stereocenters. The Morgan fingerprint density at radius 2 is 1.03 bits per heavy atom. The summed E-state index contributed by atoms with van der Waals surface area (Å²) >= 11 is 0. The van der Waals surface area contributed by atoms with Gasteiger partial charge in [-0.2, -0.15) is 8.42 Å². The molecule has 0 saturated heterocycles. The average Bonchev–Trinajstić information content (AvgIpc) is 2.59. The van der Waals surface area contributed by atoms with Crippen LogP contribution < -0.4 is 22.9 Å². The zero-order valence-corrected chi connectivity index (χ0v) is 15.9. The van der Waals surface area contributed by atoms with Gasteiger partial charge in [0.1, 0.15) is 11.6 Å². The smallest absolute Gasteiger partial charge is 0.370 e. The lowest BCUT2D eigenvalue weighted by Gasteiger charge is -1.97. The van der Waals surface area contributed by atoms with E-state index in [1.165, 1.54) is 12.1 Å². The van der Waals surface area contributed by atoms with Crippen LogP contribution >= 0.6 is 0 Å². The summed E-state index contributed by atoms with van der Waals surface area (Å²) < 4.78 is 57.4. The summed E-state index contributed by atoms with van der Waals surface area (Å²) in [6.07, 6.45) is 0. The number of hydrogen-bond donors (Lipinski definition) is 6. The number of aliphatic imine (C=N–C) groups is 2. The van der Waals surface area contributed by atoms with Gasteiger partial charge in [0, 0.05) is 11.1 Å². The van der Waals surface area contributed by atoms with Crippen molar-refractivity contribution in [1.82, 2.24) is 0 Å². The van der Waals surface area contributed by atoms with E-state index >= 15 is 0 Å². The standard InChI is InChI=1S/2C8H10FN3.H2O4S/c2*9-7-4-2-1-3-6(7)5-12-8(10)11;1-5(2,3)4/h2*1-4H,5H2,(H4,10,11,12);(H2,1,2,3,4). The molecule has 0 aliphatic heterocycles. The van der Waals surface area contributed by atoms with Crippen molar-refractivity contribution in [2.24, 2.45) is 32.9 Å². The van der Waals surface area contributed by atoms with E-state index in [-0.39, 0.29) is 36.6 Å². The predicted octanol–water partition coefficient (Wildman–Crippen LogP) is 0.545. The summed E-state index contributed by atoms with van der Waals surface area (Å²) in [4.78, 5) is 7.38. The number of hydrogen-bond acceptors (Lipinski definition) is 4. The fourth-order valence-corrected chi connectivity index (χ4v) is 1.61. The SMILES string of the molecule is NC(N)=NCc1ccccc1F.NC(N)=NCc1ccccc1F.O=S(=O)(O)O. The van der Waals surface area contributed by atoms with Crippen LogP contribution in [0.25, 0.3) is 0 Å². The zero-order chi connectivity index (χ0) is 22.4. The van der Waals surface area contributed by atoms with Crippen LogP contribution in [-0.4, -0.2) is 29.4 Å². The molecule has 10 N–H and O–H groups in total. The van der Waals surface area contributed by atoms with Crippen molar-refractivity contribution in [3.8, 4) is 0 Å². The molecule has 0 aliphatic rings. The molecule has 2 rings (SSSR count). The topological polar surface area (TPSA) is 203 Å². The van der Waals surface area contributed by atoms with Crippen molar-refractivity contribution >= 4 is 22.3 Å². The molecule has 0 fully saturated rings. The van der Waals surface area contributed by atoms with Gasteiger partial charge >= 0.3 is 10.4 Å². The number of rotatable bonds is 4. The van der Waals surface area contributed by atoms with Gasteiger partial charge in [0.05, 0.1) is 13.1 Å². The molecule has 13 heteroatoms. The highest BCUT2D eigenvalue weighted by molar-refractivity contribution is 7.79. The van der Waals surface area contributed by atoms with Crippen LogP contribution in [0.15, 0.2) is 58.5 Å². The van der Waals surface area contributed by atoms with Gasteiger partial charge in [-0.15, -0.1) is 0 Å². The molecular formula is C16H22F2N6O4S. The maximum atomic E-state index is 12.9. The Bertz CT molecular complexity index is 861. The van der Waals surface area contributed by atoms with Crippen LogP contribution in [0, 0.1) is 11.6 Å². The lowest BCUT2D eigenvalue weighted by atomic mass is 10.2. The second kappa shape index (κ2) is 13.0. The van der Waals surface area contributed by atoms with Gasteiger partial charge in [-0.05, 0) is 12.1 Å². The fraction of sp³-hybridized carbons (Fsp3) is 0.125. The molecule has 0 amide bonds. The van der Waals surface area contributed by atoms with Crippen molar-refractivity contribution in [3.05, 3.63) is 71.3 Å². The molecule has 0 aromatic heterocycles. The van der Waals surface area contributed by atoms with Gasteiger partial charge < -0.3 is 22.9 Å². The number of nitrogens with two attached hydrogens (primary N) is 4. The molecule has 29 heavy (non-hydrogen) atoms. The van der Waals surface area contributed by atoms with Crippen LogP contribution in [0.1, 0.15) is 11.1 Å². The van der Waals surface area contributed by atoms with E-state index in [4.69, 9.17) is 40.5 Å². The van der Waals surface area contributed by atoms with E-state index in [1.807, 2.05) is 0 Å². The lowest BCUT2D eigenvalue weighted by molar-refractivity contribution is 0.381. The van der Waals surface area contributed by atoms with Crippen molar-refractivity contribution in [2.45, 2.75) is 13.1 Å². The van der Waals surface area contributed by atoms with E-state index in [0.29, 0.717) is 11.1 Å². The minimum absolute atomic E-state index is 0.0294. The molecule has 0 saturated carbocycles. The highest BCUT2D eigenvalue weighted by Crippen LogP contribution is 2.07. The van der Waals surface area contributed by atoms with Crippen molar-refractivity contribution in [3.63, 3.8) is 0 Å². The van der Waals surface area contributed by atoms with Crippen LogP contribution in [0.3, 0.4) is 0 Å². The Morgan fingerprint density at radius 1 is 0.759 bits per heavy atom. The molecule has 0 radical (unpaired) electrons. The monoisotopic (exact) mass is 432 g/mol. The van der Waals surface area contributed by atoms with E-state index in [2.05, 4.69) is 9.98 Å². The largest absolute Gasteiger partial charge is 0.394 e. The Balaban J connectivity index is 0.000000442. The fourth-order valence-electron chi connectivity index (χ4n) is 1.61. The average molecular weight is 432 g/mol. The summed E-state index contributed by atoms with van der Waals surface area (Å²) in [5, 5.41) is 0. The molecule has 10 nitrogen and oxygen atoms in total. The molecule has 2 aromatic rings. The summed E-state index contributed by atoms with van der Waals surface area (Å²) in [6.45, 7) is 0.379. The van der Waals surface area contributed by atoms with Crippen LogP contribution in [0.4, 0.5) is 8.78 Å².